The normalized spacial score (nSPS) is 11.9. The Bertz CT molecular complexity index is 1590. The van der Waals surface area contributed by atoms with Crippen molar-refractivity contribution in [2.45, 2.75) is 31.3 Å². The second kappa shape index (κ2) is 12.4. The first-order valence-electron chi connectivity index (χ1n) is 12.6. The first kappa shape index (κ1) is 29.0. The predicted molar refractivity (Wildman–Crippen MR) is 158 cm³/mol. The fraction of sp³-hybridized carbons (Fsp3) is 0.194. The Morgan fingerprint density at radius 2 is 1.57 bits per heavy atom. The van der Waals surface area contributed by atoms with Crippen LogP contribution in [0.5, 0.6) is 11.5 Å². The van der Waals surface area contributed by atoms with Gasteiger partial charge in [0.1, 0.15) is 0 Å². The minimum Gasteiger partial charge on any atom is -0.493 e. The van der Waals surface area contributed by atoms with Gasteiger partial charge in [0, 0.05) is 10.6 Å². The first-order valence-corrected chi connectivity index (χ1v) is 14.4. The molecule has 4 rings (SSSR count). The monoisotopic (exact) mass is 578 g/mol. The Hall–Kier alpha value is -4.01. The SMILES string of the molecule is COc1ccc([C@@H](C)NC(=O)c2ccc(CN(c3cc(Cl)ccc3C)S(=O)(=O)c3ccccc3)cc2)cc1OC. The van der Waals surface area contributed by atoms with Crippen molar-refractivity contribution in [1.29, 1.82) is 0 Å². The van der Waals surface area contributed by atoms with Crippen LogP contribution in [-0.4, -0.2) is 28.5 Å². The number of hydrogen-bond acceptors (Lipinski definition) is 5. The van der Waals surface area contributed by atoms with E-state index in [1.165, 1.54) is 4.31 Å². The Morgan fingerprint density at radius 1 is 0.900 bits per heavy atom. The maximum absolute atomic E-state index is 13.7. The van der Waals surface area contributed by atoms with Crippen molar-refractivity contribution >= 4 is 33.2 Å². The van der Waals surface area contributed by atoms with E-state index in [-0.39, 0.29) is 23.4 Å². The molecule has 0 heterocycles. The highest BCUT2D eigenvalue weighted by Gasteiger charge is 2.26. The lowest BCUT2D eigenvalue weighted by atomic mass is 10.1. The molecule has 0 bridgehead atoms. The lowest BCUT2D eigenvalue weighted by Gasteiger charge is -2.26. The van der Waals surface area contributed by atoms with Crippen molar-refractivity contribution in [3.63, 3.8) is 0 Å². The summed E-state index contributed by atoms with van der Waals surface area (Å²) in [4.78, 5) is 13.2. The van der Waals surface area contributed by atoms with Gasteiger partial charge in [0.15, 0.2) is 11.5 Å². The number of amides is 1. The van der Waals surface area contributed by atoms with E-state index >= 15 is 0 Å². The van der Waals surface area contributed by atoms with E-state index in [1.807, 2.05) is 26.0 Å². The number of sulfonamides is 1. The summed E-state index contributed by atoms with van der Waals surface area (Å²) < 4.78 is 39.4. The van der Waals surface area contributed by atoms with Crippen molar-refractivity contribution < 1.29 is 22.7 Å². The molecule has 40 heavy (non-hydrogen) atoms. The quantitative estimate of drug-likeness (QED) is 0.231. The van der Waals surface area contributed by atoms with Crippen LogP contribution in [-0.2, 0) is 16.6 Å². The third-order valence-electron chi connectivity index (χ3n) is 6.57. The van der Waals surface area contributed by atoms with Gasteiger partial charge in [-0.15, -0.1) is 0 Å². The molecular formula is C31H31ClN2O5S. The van der Waals surface area contributed by atoms with Crippen LogP contribution in [0, 0.1) is 6.92 Å². The molecule has 1 atom stereocenters. The molecular weight excluding hydrogens is 548 g/mol. The van der Waals surface area contributed by atoms with Crippen LogP contribution in [0.25, 0.3) is 0 Å². The van der Waals surface area contributed by atoms with Crippen molar-refractivity contribution in [2.75, 3.05) is 18.5 Å². The van der Waals surface area contributed by atoms with Crippen LogP contribution in [0.2, 0.25) is 5.02 Å². The molecule has 4 aromatic carbocycles. The maximum Gasteiger partial charge on any atom is 0.264 e. The number of halogens is 1. The fourth-order valence-corrected chi connectivity index (χ4v) is 5.98. The highest BCUT2D eigenvalue weighted by molar-refractivity contribution is 7.92. The molecule has 0 aliphatic carbocycles. The topological polar surface area (TPSA) is 84.9 Å². The third kappa shape index (κ3) is 6.41. The number of hydrogen-bond donors (Lipinski definition) is 1. The number of methoxy groups -OCH3 is 2. The minimum atomic E-state index is -3.90. The van der Waals surface area contributed by atoms with E-state index in [1.54, 1.807) is 93.1 Å². The van der Waals surface area contributed by atoms with Gasteiger partial charge in [0.2, 0.25) is 0 Å². The van der Waals surface area contributed by atoms with E-state index in [9.17, 15) is 13.2 Å². The first-order chi connectivity index (χ1) is 19.1. The van der Waals surface area contributed by atoms with Gasteiger partial charge in [-0.05, 0) is 79.1 Å². The third-order valence-corrected chi connectivity index (χ3v) is 8.58. The molecule has 7 nitrogen and oxygen atoms in total. The molecule has 1 amide bonds. The average Bonchev–Trinajstić information content (AvgIpc) is 2.97. The predicted octanol–water partition coefficient (Wildman–Crippen LogP) is 6.55. The number of anilines is 1. The second-order valence-corrected chi connectivity index (χ2v) is 11.6. The number of nitrogens with zero attached hydrogens (tertiary/aromatic N) is 1. The van der Waals surface area contributed by atoms with Crippen molar-refractivity contribution in [1.82, 2.24) is 5.32 Å². The summed E-state index contributed by atoms with van der Waals surface area (Å²) >= 11 is 6.25. The summed E-state index contributed by atoms with van der Waals surface area (Å²) in [6, 6.07) is 25.5. The number of carbonyl (C=O) groups is 1. The Labute approximate surface area is 240 Å². The number of ether oxygens (including phenoxy) is 2. The molecule has 0 radical (unpaired) electrons. The zero-order chi connectivity index (χ0) is 28.9. The summed E-state index contributed by atoms with van der Waals surface area (Å²) in [5.74, 6) is 0.931. The van der Waals surface area contributed by atoms with Gasteiger partial charge >= 0.3 is 0 Å². The summed E-state index contributed by atoms with van der Waals surface area (Å²) in [5.41, 5.74) is 3.28. The van der Waals surface area contributed by atoms with Crippen molar-refractivity contribution in [3.8, 4) is 11.5 Å². The molecule has 0 saturated heterocycles. The zero-order valence-electron chi connectivity index (χ0n) is 22.7. The maximum atomic E-state index is 13.7. The Balaban J connectivity index is 1.56. The zero-order valence-corrected chi connectivity index (χ0v) is 24.3. The average molecular weight is 579 g/mol. The largest absolute Gasteiger partial charge is 0.493 e. The highest BCUT2D eigenvalue weighted by Crippen LogP contribution is 2.32. The molecule has 4 aromatic rings. The van der Waals surface area contributed by atoms with Crippen LogP contribution in [0.4, 0.5) is 5.69 Å². The van der Waals surface area contributed by atoms with Crippen molar-refractivity contribution in [2.24, 2.45) is 0 Å². The van der Waals surface area contributed by atoms with E-state index in [0.29, 0.717) is 33.3 Å². The van der Waals surface area contributed by atoms with E-state index < -0.39 is 10.0 Å². The molecule has 0 saturated carbocycles. The summed E-state index contributed by atoms with van der Waals surface area (Å²) in [7, 11) is -0.769. The molecule has 9 heteroatoms. The van der Waals surface area contributed by atoms with Crippen LogP contribution < -0.4 is 19.1 Å². The summed E-state index contributed by atoms with van der Waals surface area (Å²) in [6.07, 6.45) is 0. The van der Waals surface area contributed by atoms with Crippen LogP contribution in [0.3, 0.4) is 0 Å². The molecule has 0 unspecified atom stereocenters. The van der Waals surface area contributed by atoms with Gasteiger partial charge < -0.3 is 14.8 Å². The van der Waals surface area contributed by atoms with E-state index in [2.05, 4.69) is 5.32 Å². The van der Waals surface area contributed by atoms with Crippen LogP contribution >= 0.6 is 11.6 Å². The van der Waals surface area contributed by atoms with Gasteiger partial charge in [-0.2, -0.15) is 0 Å². The number of benzene rings is 4. The van der Waals surface area contributed by atoms with E-state index in [4.69, 9.17) is 21.1 Å². The molecule has 0 fully saturated rings. The number of carbonyl (C=O) groups excluding carboxylic acids is 1. The number of nitrogens with one attached hydrogen (secondary N) is 1. The van der Waals surface area contributed by atoms with Crippen LogP contribution in [0.1, 0.15) is 40.0 Å². The minimum absolute atomic E-state index is 0.0579. The molecule has 0 aliphatic heterocycles. The Kier molecular flexibility index (Phi) is 9.02. The fourth-order valence-electron chi connectivity index (χ4n) is 4.28. The molecule has 0 aromatic heterocycles. The van der Waals surface area contributed by atoms with Gasteiger partial charge in [-0.3, -0.25) is 9.10 Å². The molecule has 1 N–H and O–H groups in total. The van der Waals surface area contributed by atoms with Gasteiger partial charge in [0.05, 0.1) is 37.4 Å². The lowest BCUT2D eigenvalue weighted by Crippen LogP contribution is -2.31. The van der Waals surface area contributed by atoms with Gasteiger partial charge in [0.25, 0.3) is 15.9 Å². The number of rotatable bonds is 10. The highest BCUT2D eigenvalue weighted by atomic mass is 35.5. The van der Waals surface area contributed by atoms with Crippen LogP contribution in [0.15, 0.2) is 95.9 Å². The summed E-state index contributed by atoms with van der Waals surface area (Å²) in [5, 5.41) is 3.43. The lowest BCUT2D eigenvalue weighted by molar-refractivity contribution is 0.0939. The molecule has 0 spiro atoms. The number of aryl methyl sites for hydroxylation is 1. The van der Waals surface area contributed by atoms with Gasteiger partial charge in [-0.25, -0.2) is 8.42 Å². The van der Waals surface area contributed by atoms with Gasteiger partial charge in [-0.1, -0.05) is 54.1 Å². The van der Waals surface area contributed by atoms with E-state index in [0.717, 1.165) is 11.1 Å². The second-order valence-electron chi connectivity index (χ2n) is 9.26. The Morgan fingerprint density at radius 3 is 2.23 bits per heavy atom. The summed E-state index contributed by atoms with van der Waals surface area (Å²) in [6.45, 7) is 3.78. The molecule has 0 aliphatic rings. The standard InChI is InChI=1S/C31H31ClN2O5S/c1-21-10-16-26(32)19-28(21)34(40(36,37)27-8-6-5-7-9-27)20-23-11-13-24(14-12-23)31(35)33-22(2)25-15-17-29(38-3)30(18-25)39-4/h5-19,22H,20H2,1-4H3,(H,33,35)/t22-/m1/s1. The molecule has 208 valence electrons. The van der Waals surface area contributed by atoms with Crippen molar-refractivity contribution in [3.05, 3.63) is 118 Å². The smallest absolute Gasteiger partial charge is 0.264 e.